The Morgan fingerprint density at radius 3 is 2.34 bits per heavy atom. The van der Waals surface area contributed by atoms with E-state index in [0.717, 1.165) is 36.5 Å². The van der Waals surface area contributed by atoms with Crippen LogP contribution >= 0.6 is 0 Å². The topological polar surface area (TPSA) is 81.8 Å². The van der Waals surface area contributed by atoms with Crippen LogP contribution in [0.1, 0.15) is 65.0 Å². The lowest BCUT2D eigenvalue weighted by atomic mass is 9.64. The Bertz CT molecular complexity index is 847. The molecule has 2 fully saturated rings. The van der Waals surface area contributed by atoms with Crippen molar-refractivity contribution in [3.05, 3.63) is 35.4 Å². The first-order valence-corrected chi connectivity index (χ1v) is 11.8. The van der Waals surface area contributed by atoms with Gasteiger partial charge in [0.1, 0.15) is 12.1 Å². The number of nitrogens with zero attached hydrogens (tertiary/aromatic N) is 2. The van der Waals surface area contributed by atoms with Crippen LogP contribution in [0.4, 0.5) is 4.79 Å². The lowest BCUT2D eigenvalue weighted by molar-refractivity contribution is -0.137. The van der Waals surface area contributed by atoms with Crippen molar-refractivity contribution in [2.75, 3.05) is 19.6 Å². The van der Waals surface area contributed by atoms with Gasteiger partial charge in [-0.05, 0) is 54.8 Å². The number of urea groups is 1. The van der Waals surface area contributed by atoms with E-state index in [0.29, 0.717) is 25.3 Å². The summed E-state index contributed by atoms with van der Waals surface area (Å²) in [6.45, 7) is 13.7. The van der Waals surface area contributed by atoms with E-state index in [2.05, 4.69) is 62.3 Å². The fraction of sp³-hybridized carbons (Fsp3) is 0.640. The fourth-order valence-corrected chi connectivity index (χ4v) is 5.52. The van der Waals surface area contributed by atoms with E-state index in [1.54, 1.807) is 0 Å². The smallest absolute Gasteiger partial charge is 0.325 e. The molecule has 2 aliphatic rings. The maximum absolute atomic E-state index is 13.2. The second kappa shape index (κ2) is 9.61. The van der Waals surface area contributed by atoms with Gasteiger partial charge in [-0.1, -0.05) is 58.9 Å². The molecular weight excluding hydrogens is 404 g/mol. The van der Waals surface area contributed by atoms with Crippen molar-refractivity contribution in [1.29, 1.82) is 0 Å². The fourth-order valence-electron chi connectivity index (χ4n) is 5.52. The van der Waals surface area contributed by atoms with Gasteiger partial charge < -0.3 is 10.6 Å². The predicted molar refractivity (Wildman–Crippen MR) is 125 cm³/mol. The Kier molecular flexibility index (Phi) is 7.28. The van der Waals surface area contributed by atoms with E-state index in [-0.39, 0.29) is 23.8 Å². The molecule has 0 radical (unpaired) electrons. The number of hydrogen-bond donors (Lipinski definition) is 2. The minimum Gasteiger partial charge on any atom is -0.350 e. The van der Waals surface area contributed by atoms with Crippen molar-refractivity contribution in [3.8, 4) is 0 Å². The van der Waals surface area contributed by atoms with Gasteiger partial charge in [0.2, 0.25) is 5.91 Å². The summed E-state index contributed by atoms with van der Waals surface area (Å²) in [6, 6.07) is 7.71. The molecular formula is C25H38N4O3. The normalized spacial score (nSPS) is 24.8. The second-order valence-electron chi connectivity index (χ2n) is 10.3. The van der Waals surface area contributed by atoms with Crippen LogP contribution in [0.25, 0.3) is 0 Å². The summed E-state index contributed by atoms with van der Waals surface area (Å²) in [5.41, 5.74) is 1.31. The zero-order chi connectivity index (χ0) is 23.5. The molecule has 0 bridgehead atoms. The Balaban J connectivity index is 1.55. The van der Waals surface area contributed by atoms with E-state index in [4.69, 9.17) is 0 Å². The third-order valence-electron chi connectivity index (χ3n) is 6.74. The molecule has 1 saturated carbocycles. The number of amides is 4. The summed E-state index contributed by atoms with van der Waals surface area (Å²) in [7, 11) is 0. The summed E-state index contributed by atoms with van der Waals surface area (Å²) in [5, 5.41) is 5.76. The van der Waals surface area contributed by atoms with E-state index in [1.165, 1.54) is 5.56 Å². The molecule has 1 spiro atoms. The molecule has 176 valence electrons. The second-order valence-corrected chi connectivity index (χ2v) is 10.3. The summed E-state index contributed by atoms with van der Waals surface area (Å²) < 4.78 is 0. The Hall–Kier alpha value is -2.41. The lowest BCUT2D eigenvalue weighted by Gasteiger charge is -2.43. The Morgan fingerprint density at radius 2 is 1.75 bits per heavy atom. The van der Waals surface area contributed by atoms with E-state index in [9.17, 15) is 14.4 Å². The molecule has 1 saturated heterocycles. The first-order valence-electron chi connectivity index (χ1n) is 11.8. The van der Waals surface area contributed by atoms with Crippen LogP contribution in [0.3, 0.4) is 0 Å². The third-order valence-corrected chi connectivity index (χ3v) is 6.74. The zero-order valence-corrected chi connectivity index (χ0v) is 20.2. The Morgan fingerprint density at radius 1 is 1.12 bits per heavy atom. The number of imide groups is 1. The van der Waals surface area contributed by atoms with Gasteiger partial charge >= 0.3 is 6.03 Å². The SMILES string of the molecule is CCN(CC)Cc1ccc(CNC(=O)CN2C(=O)NC3(CC(C)CC(C)(C)C3)C2=O)cc1. The summed E-state index contributed by atoms with van der Waals surface area (Å²) in [6.07, 6.45) is 2.25. The van der Waals surface area contributed by atoms with Crippen molar-refractivity contribution in [2.45, 2.75) is 72.5 Å². The van der Waals surface area contributed by atoms with E-state index >= 15 is 0 Å². The van der Waals surface area contributed by atoms with Gasteiger partial charge in [0.05, 0.1) is 0 Å². The zero-order valence-electron chi connectivity index (χ0n) is 20.2. The van der Waals surface area contributed by atoms with Gasteiger partial charge in [0.25, 0.3) is 5.91 Å². The minimum absolute atomic E-state index is 0.0314. The standard InChI is InChI=1S/C25H38N4O3/c1-6-28(7-2)15-20-10-8-19(9-11-20)14-26-21(30)16-29-22(31)25(27-23(29)32)13-18(3)12-24(4,5)17-25/h8-11,18H,6-7,12-17H2,1-5H3,(H,26,30)(H,27,32). The lowest BCUT2D eigenvalue weighted by Crippen LogP contribution is -2.54. The highest BCUT2D eigenvalue weighted by atomic mass is 16.2. The van der Waals surface area contributed by atoms with Crippen molar-refractivity contribution in [3.63, 3.8) is 0 Å². The highest BCUT2D eigenvalue weighted by molar-refractivity contribution is 6.09. The first-order chi connectivity index (χ1) is 15.1. The summed E-state index contributed by atoms with van der Waals surface area (Å²) >= 11 is 0. The Labute approximate surface area is 191 Å². The van der Waals surface area contributed by atoms with Crippen LogP contribution in [-0.2, 0) is 22.7 Å². The van der Waals surface area contributed by atoms with Crippen LogP contribution < -0.4 is 10.6 Å². The first kappa shape index (κ1) is 24.2. The number of nitrogens with one attached hydrogen (secondary N) is 2. The largest absolute Gasteiger partial charge is 0.350 e. The molecule has 7 heteroatoms. The molecule has 2 atom stereocenters. The van der Waals surface area contributed by atoms with Crippen molar-refractivity contribution >= 4 is 17.8 Å². The quantitative estimate of drug-likeness (QED) is 0.606. The minimum atomic E-state index is -0.876. The van der Waals surface area contributed by atoms with Crippen LogP contribution in [0.2, 0.25) is 0 Å². The van der Waals surface area contributed by atoms with Gasteiger partial charge in [-0.15, -0.1) is 0 Å². The average molecular weight is 443 g/mol. The number of rotatable bonds is 8. The molecule has 3 rings (SSSR count). The van der Waals surface area contributed by atoms with Gasteiger partial charge in [-0.25, -0.2) is 4.79 Å². The molecule has 2 unspecified atom stereocenters. The molecule has 7 nitrogen and oxygen atoms in total. The number of hydrogen-bond acceptors (Lipinski definition) is 4. The van der Waals surface area contributed by atoms with Crippen LogP contribution in [0.15, 0.2) is 24.3 Å². The highest BCUT2D eigenvalue weighted by Gasteiger charge is 2.56. The molecule has 2 N–H and O–H groups in total. The van der Waals surface area contributed by atoms with E-state index in [1.807, 2.05) is 12.1 Å². The van der Waals surface area contributed by atoms with Crippen LogP contribution in [0, 0.1) is 11.3 Å². The molecule has 4 amide bonds. The predicted octanol–water partition coefficient (Wildman–Crippen LogP) is 3.28. The van der Waals surface area contributed by atoms with Gasteiger partial charge in [0.15, 0.2) is 0 Å². The number of benzene rings is 1. The molecule has 0 aromatic heterocycles. The number of carbonyl (C=O) groups is 3. The van der Waals surface area contributed by atoms with Crippen molar-refractivity contribution in [2.24, 2.45) is 11.3 Å². The highest BCUT2D eigenvalue weighted by Crippen LogP contribution is 2.46. The third kappa shape index (κ3) is 5.49. The van der Waals surface area contributed by atoms with E-state index < -0.39 is 11.6 Å². The maximum atomic E-state index is 13.2. The molecule has 1 aromatic carbocycles. The maximum Gasteiger partial charge on any atom is 0.325 e. The monoisotopic (exact) mass is 442 g/mol. The molecule has 1 aliphatic heterocycles. The van der Waals surface area contributed by atoms with Crippen LogP contribution in [0.5, 0.6) is 0 Å². The summed E-state index contributed by atoms with van der Waals surface area (Å²) in [5.74, 6) is -0.264. The van der Waals surface area contributed by atoms with Gasteiger partial charge in [0, 0.05) is 13.1 Å². The molecule has 1 heterocycles. The van der Waals surface area contributed by atoms with Crippen molar-refractivity contribution < 1.29 is 14.4 Å². The molecule has 1 aromatic rings. The van der Waals surface area contributed by atoms with Gasteiger partial charge in [-0.3, -0.25) is 19.4 Å². The average Bonchev–Trinajstić information content (AvgIpc) is 2.93. The summed E-state index contributed by atoms with van der Waals surface area (Å²) in [4.78, 5) is 41.7. The number of carbonyl (C=O) groups excluding carboxylic acids is 3. The van der Waals surface area contributed by atoms with Crippen molar-refractivity contribution in [1.82, 2.24) is 20.4 Å². The molecule has 32 heavy (non-hydrogen) atoms. The van der Waals surface area contributed by atoms with Gasteiger partial charge in [-0.2, -0.15) is 0 Å². The van der Waals surface area contributed by atoms with Crippen LogP contribution in [-0.4, -0.2) is 52.8 Å². The molecule has 1 aliphatic carbocycles.